The summed E-state index contributed by atoms with van der Waals surface area (Å²) in [5.41, 5.74) is 1.86. The third kappa shape index (κ3) is 2.57. The second-order valence-electron chi connectivity index (χ2n) is 3.81. The van der Waals surface area contributed by atoms with Gasteiger partial charge >= 0.3 is 5.97 Å². The minimum absolute atomic E-state index is 0.279. The molecule has 0 aliphatic carbocycles. The normalized spacial score (nSPS) is 19.7. The summed E-state index contributed by atoms with van der Waals surface area (Å²) in [6, 6.07) is 8.10. The molecule has 1 aromatic rings. The van der Waals surface area contributed by atoms with Crippen LogP contribution in [0, 0.1) is 0 Å². The number of carbonyl (C=O) groups excluding carboxylic acids is 1. The van der Waals surface area contributed by atoms with Gasteiger partial charge in [-0.1, -0.05) is 12.1 Å². The maximum Gasteiger partial charge on any atom is 0.350 e. The highest BCUT2D eigenvalue weighted by molar-refractivity contribution is 7.94. The van der Waals surface area contributed by atoms with Gasteiger partial charge in [0.15, 0.2) is 0 Å². The first kappa shape index (κ1) is 11.5. The first-order valence-corrected chi connectivity index (χ1v) is 6.54. The van der Waals surface area contributed by atoms with Crippen molar-refractivity contribution >= 4 is 18.0 Å². The van der Waals surface area contributed by atoms with E-state index in [1.807, 2.05) is 24.3 Å². The predicted octanol–water partition coefficient (Wildman–Crippen LogP) is 2.55. The molecule has 1 atom stereocenters. The third-order valence-electron chi connectivity index (χ3n) is 2.77. The van der Waals surface area contributed by atoms with Crippen LogP contribution in [0.3, 0.4) is 0 Å². The van der Waals surface area contributed by atoms with E-state index in [9.17, 15) is 4.79 Å². The summed E-state index contributed by atoms with van der Waals surface area (Å²) in [7, 11) is 0. The van der Waals surface area contributed by atoms with Crippen molar-refractivity contribution < 1.29 is 8.98 Å². The second kappa shape index (κ2) is 5.37. The average Bonchev–Trinajstić information content (AvgIpc) is 2.83. The Kier molecular flexibility index (Phi) is 3.85. The fourth-order valence-corrected chi connectivity index (χ4v) is 2.19. The van der Waals surface area contributed by atoms with Gasteiger partial charge in [0.05, 0.1) is 17.6 Å². The predicted molar refractivity (Wildman–Crippen MR) is 65.4 cm³/mol. The molecule has 1 aromatic carbocycles. The van der Waals surface area contributed by atoms with Crippen LogP contribution in [0.1, 0.15) is 34.8 Å². The quantitative estimate of drug-likeness (QED) is 0.820. The van der Waals surface area contributed by atoms with Gasteiger partial charge in [-0.05, 0) is 37.1 Å². The summed E-state index contributed by atoms with van der Waals surface area (Å²) < 4.78 is 4.86. The summed E-state index contributed by atoms with van der Waals surface area (Å²) in [6.45, 7) is 1.08. The molecule has 1 aliphatic heterocycles. The molecule has 1 heterocycles. The van der Waals surface area contributed by atoms with Crippen LogP contribution in [0.4, 0.5) is 0 Å². The number of carbonyl (C=O) groups is 1. The molecule has 0 radical (unpaired) electrons. The van der Waals surface area contributed by atoms with E-state index in [0.717, 1.165) is 18.6 Å². The Balaban J connectivity index is 2.06. The zero-order chi connectivity index (χ0) is 11.4. The number of nitrogens with one attached hydrogen (secondary N) is 1. The highest BCUT2D eigenvalue weighted by atomic mass is 32.2. The molecule has 1 unspecified atom stereocenters. The highest BCUT2D eigenvalue weighted by Crippen LogP contribution is 2.23. The molecule has 0 aromatic heterocycles. The number of benzene rings is 1. The SMILES string of the molecule is CSOC(=O)c1ccc(C2CCCN2)cc1. The second-order valence-corrected chi connectivity index (χ2v) is 4.31. The van der Waals surface area contributed by atoms with E-state index in [0.29, 0.717) is 11.6 Å². The Morgan fingerprint density at radius 1 is 1.44 bits per heavy atom. The van der Waals surface area contributed by atoms with E-state index in [1.165, 1.54) is 18.4 Å². The van der Waals surface area contributed by atoms with Gasteiger partial charge in [-0.15, -0.1) is 0 Å². The maximum atomic E-state index is 11.4. The van der Waals surface area contributed by atoms with Gasteiger partial charge in [-0.2, -0.15) is 0 Å². The molecule has 86 valence electrons. The lowest BCUT2D eigenvalue weighted by Gasteiger charge is -2.10. The number of hydrogen-bond donors (Lipinski definition) is 1. The largest absolute Gasteiger partial charge is 0.388 e. The molecule has 4 heteroatoms. The van der Waals surface area contributed by atoms with E-state index in [-0.39, 0.29) is 5.97 Å². The van der Waals surface area contributed by atoms with Crippen LogP contribution >= 0.6 is 12.0 Å². The summed E-state index contributed by atoms with van der Waals surface area (Å²) in [5, 5.41) is 3.43. The van der Waals surface area contributed by atoms with Crippen molar-refractivity contribution in [2.24, 2.45) is 0 Å². The van der Waals surface area contributed by atoms with Crippen molar-refractivity contribution in [3.8, 4) is 0 Å². The maximum absolute atomic E-state index is 11.4. The molecule has 0 amide bonds. The number of rotatable bonds is 3. The van der Waals surface area contributed by atoms with E-state index in [2.05, 4.69) is 5.32 Å². The molecule has 16 heavy (non-hydrogen) atoms. The zero-order valence-electron chi connectivity index (χ0n) is 9.23. The lowest BCUT2D eigenvalue weighted by Crippen LogP contribution is -2.12. The standard InChI is InChI=1S/C12H15NO2S/c1-16-15-12(14)10-6-4-9(5-7-10)11-3-2-8-13-11/h4-7,11,13H,2-3,8H2,1H3. The van der Waals surface area contributed by atoms with Crippen molar-refractivity contribution in [3.63, 3.8) is 0 Å². The van der Waals surface area contributed by atoms with Gasteiger partial charge in [0.1, 0.15) is 0 Å². The Morgan fingerprint density at radius 3 is 2.75 bits per heavy atom. The van der Waals surface area contributed by atoms with Crippen LogP contribution in [0.15, 0.2) is 24.3 Å². The Labute approximate surface area is 99.8 Å². The minimum atomic E-state index is -0.279. The van der Waals surface area contributed by atoms with Crippen molar-refractivity contribution in [2.75, 3.05) is 12.8 Å². The smallest absolute Gasteiger partial charge is 0.350 e. The van der Waals surface area contributed by atoms with Gasteiger partial charge in [-0.3, -0.25) is 0 Å². The first-order valence-electron chi connectivity index (χ1n) is 5.39. The Hall–Kier alpha value is -1.00. The van der Waals surface area contributed by atoms with Crippen molar-refractivity contribution in [1.29, 1.82) is 0 Å². The van der Waals surface area contributed by atoms with Crippen LogP contribution in [-0.4, -0.2) is 18.8 Å². The van der Waals surface area contributed by atoms with E-state index in [1.54, 1.807) is 6.26 Å². The van der Waals surface area contributed by atoms with Crippen LogP contribution in [-0.2, 0) is 4.18 Å². The minimum Gasteiger partial charge on any atom is -0.388 e. The topological polar surface area (TPSA) is 38.3 Å². The molecule has 2 rings (SSSR count). The van der Waals surface area contributed by atoms with Crippen molar-refractivity contribution in [1.82, 2.24) is 5.32 Å². The van der Waals surface area contributed by atoms with E-state index >= 15 is 0 Å². The summed E-state index contributed by atoms with van der Waals surface area (Å²) in [5.74, 6) is -0.279. The van der Waals surface area contributed by atoms with E-state index in [4.69, 9.17) is 4.18 Å². The summed E-state index contributed by atoms with van der Waals surface area (Å²) in [4.78, 5) is 11.4. The van der Waals surface area contributed by atoms with Gasteiger partial charge in [0.2, 0.25) is 0 Å². The van der Waals surface area contributed by atoms with Gasteiger partial charge in [0, 0.05) is 12.3 Å². The average molecular weight is 237 g/mol. The summed E-state index contributed by atoms with van der Waals surface area (Å²) in [6.07, 6.45) is 4.13. The van der Waals surface area contributed by atoms with Crippen molar-refractivity contribution in [2.45, 2.75) is 18.9 Å². The molecule has 3 nitrogen and oxygen atoms in total. The molecule has 1 fully saturated rings. The van der Waals surface area contributed by atoms with Crippen LogP contribution in [0.25, 0.3) is 0 Å². The molecular weight excluding hydrogens is 222 g/mol. The third-order valence-corrected chi connectivity index (χ3v) is 3.09. The first-order chi connectivity index (χ1) is 7.81. The van der Waals surface area contributed by atoms with Crippen LogP contribution in [0.5, 0.6) is 0 Å². The molecular formula is C12H15NO2S. The van der Waals surface area contributed by atoms with Gasteiger partial charge in [0.25, 0.3) is 0 Å². The van der Waals surface area contributed by atoms with Crippen LogP contribution < -0.4 is 5.32 Å². The molecule has 1 N–H and O–H groups in total. The van der Waals surface area contributed by atoms with Gasteiger partial charge in [-0.25, -0.2) is 4.79 Å². The summed E-state index contributed by atoms with van der Waals surface area (Å²) >= 11 is 1.07. The fraction of sp³-hybridized carbons (Fsp3) is 0.417. The Bertz CT molecular complexity index is 358. The highest BCUT2D eigenvalue weighted by Gasteiger charge is 2.16. The van der Waals surface area contributed by atoms with Crippen molar-refractivity contribution in [3.05, 3.63) is 35.4 Å². The monoisotopic (exact) mass is 237 g/mol. The molecule has 0 bridgehead atoms. The molecule has 1 aliphatic rings. The fourth-order valence-electron chi connectivity index (χ4n) is 1.94. The zero-order valence-corrected chi connectivity index (χ0v) is 10.0. The molecule has 0 spiro atoms. The van der Waals surface area contributed by atoms with E-state index < -0.39 is 0 Å². The Morgan fingerprint density at radius 2 is 2.19 bits per heavy atom. The lowest BCUT2D eigenvalue weighted by atomic mass is 10.0. The molecule has 0 saturated carbocycles. The number of hydrogen-bond acceptors (Lipinski definition) is 4. The molecule has 1 saturated heterocycles. The van der Waals surface area contributed by atoms with Gasteiger partial charge < -0.3 is 9.50 Å². The lowest BCUT2D eigenvalue weighted by molar-refractivity contribution is 0.0769. The van der Waals surface area contributed by atoms with Crippen LogP contribution in [0.2, 0.25) is 0 Å².